The average molecular weight is 382 g/mol. The summed E-state index contributed by atoms with van der Waals surface area (Å²) >= 11 is 0. The highest BCUT2D eigenvalue weighted by molar-refractivity contribution is 5.87. The van der Waals surface area contributed by atoms with Crippen molar-refractivity contribution in [2.75, 3.05) is 14.2 Å². The number of carbonyl (C=O) groups is 1. The molecule has 2 aromatic carbocycles. The van der Waals surface area contributed by atoms with Gasteiger partial charge in [-0.05, 0) is 35.9 Å². The molecule has 0 aliphatic carbocycles. The zero-order valence-corrected chi connectivity index (χ0v) is 15.3. The number of carbonyl (C=O) groups excluding carboxylic acids is 1. The summed E-state index contributed by atoms with van der Waals surface area (Å²) in [6.45, 7) is -0.114. The highest BCUT2D eigenvalue weighted by Gasteiger charge is 2.09. The predicted octanol–water partition coefficient (Wildman–Crippen LogP) is 3.27. The van der Waals surface area contributed by atoms with Crippen molar-refractivity contribution in [3.05, 3.63) is 70.1 Å². The van der Waals surface area contributed by atoms with Crippen molar-refractivity contribution >= 4 is 23.0 Å². The van der Waals surface area contributed by atoms with Gasteiger partial charge in [-0.2, -0.15) is 0 Å². The minimum absolute atomic E-state index is 0.0264. The van der Waals surface area contributed by atoms with E-state index in [2.05, 4.69) is 0 Å². The van der Waals surface area contributed by atoms with Gasteiger partial charge in [-0.25, -0.2) is 9.59 Å². The number of aromatic hydroxyl groups is 1. The maximum Gasteiger partial charge on any atom is 0.336 e. The molecule has 0 radical (unpaired) electrons. The van der Waals surface area contributed by atoms with Gasteiger partial charge in [0.1, 0.15) is 29.4 Å². The first kappa shape index (κ1) is 19.0. The van der Waals surface area contributed by atoms with Crippen molar-refractivity contribution in [2.45, 2.75) is 6.61 Å². The molecule has 1 N–H and O–H groups in total. The first-order valence-corrected chi connectivity index (χ1v) is 8.32. The summed E-state index contributed by atoms with van der Waals surface area (Å²) in [5.41, 5.74) is 0.811. The van der Waals surface area contributed by atoms with Crippen LogP contribution in [0.3, 0.4) is 0 Å². The monoisotopic (exact) mass is 382 g/mol. The van der Waals surface area contributed by atoms with E-state index in [-0.39, 0.29) is 17.9 Å². The Bertz CT molecular complexity index is 1070. The highest BCUT2D eigenvalue weighted by atomic mass is 16.5. The molecule has 0 atom stereocenters. The van der Waals surface area contributed by atoms with Crippen molar-refractivity contribution in [3.8, 4) is 17.2 Å². The third-order valence-corrected chi connectivity index (χ3v) is 3.97. The Morgan fingerprint density at radius 3 is 2.46 bits per heavy atom. The molecule has 1 heterocycles. The zero-order chi connectivity index (χ0) is 20.1. The van der Waals surface area contributed by atoms with Crippen LogP contribution in [0.2, 0.25) is 0 Å². The molecule has 3 aromatic rings. The second kappa shape index (κ2) is 8.30. The molecule has 1 aromatic heterocycles. The number of ether oxygens (including phenoxy) is 3. The largest absolute Gasteiger partial charge is 0.508 e. The number of methoxy groups -OCH3 is 2. The first-order valence-electron chi connectivity index (χ1n) is 8.32. The topological polar surface area (TPSA) is 95.2 Å². The molecule has 0 spiro atoms. The average Bonchev–Trinajstić information content (AvgIpc) is 2.69. The summed E-state index contributed by atoms with van der Waals surface area (Å²) in [5, 5.41) is 10.1. The Balaban J connectivity index is 1.74. The molecule has 28 heavy (non-hydrogen) atoms. The smallest absolute Gasteiger partial charge is 0.336 e. The van der Waals surface area contributed by atoms with Gasteiger partial charge in [-0.15, -0.1) is 0 Å². The van der Waals surface area contributed by atoms with E-state index in [0.29, 0.717) is 28.0 Å². The molecule has 0 amide bonds. The lowest BCUT2D eigenvalue weighted by Crippen LogP contribution is -2.05. The molecule has 0 aliphatic heterocycles. The second-order valence-corrected chi connectivity index (χ2v) is 5.86. The standard InChI is InChI=1S/C21H18O7/c1-25-16-7-13(8-17(11-16)26-2)3-6-20(23)27-12-14-9-21(24)28-19-10-15(22)4-5-18(14)19/h3-11,22H,12H2,1-2H3/b6-3+. The van der Waals surface area contributed by atoms with Crippen LogP contribution in [0, 0.1) is 0 Å². The summed E-state index contributed by atoms with van der Waals surface area (Å²) in [6.07, 6.45) is 2.84. The van der Waals surface area contributed by atoms with E-state index in [1.807, 2.05) is 0 Å². The molecular weight excluding hydrogens is 364 g/mol. The number of fused-ring (bicyclic) bond motifs is 1. The number of hydrogen-bond acceptors (Lipinski definition) is 7. The summed E-state index contributed by atoms with van der Waals surface area (Å²) in [7, 11) is 3.08. The van der Waals surface area contributed by atoms with Gasteiger partial charge in [0.25, 0.3) is 0 Å². The first-order chi connectivity index (χ1) is 13.5. The molecular formula is C21H18O7. The number of phenolic OH excluding ortho intramolecular Hbond substituents is 1. The highest BCUT2D eigenvalue weighted by Crippen LogP contribution is 2.24. The van der Waals surface area contributed by atoms with Crippen LogP contribution in [-0.2, 0) is 16.1 Å². The normalized spacial score (nSPS) is 10.9. The number of esters is 1. The van der Waals surface area contributed by atoms with Gasteiger partial charge < -0.3 is 23.7 Å². The van der Waals surface area contributed by atoms with Crippen LogP contribution in [0.5, 0.6) is 17.2 Å². The number of phenols is 1. The quantitative estimate of drug-likeness (QED) is 0.397. The molecule has 0 aliphatic rings. The fourth-order valence-electron chi connectivity index (χ4n) is 2.62. The Labute approximate surface area is 160 Å². The third kappa shape index (κ3) is 4.50. The Morgan fingerprint density at radius 1 is 1.07 bits per heavy atom. The van der Waals surface area contributed by atoms with Gasteiger partial charge >= 0.3 is 11.6 Å². The lowest BCUT2D eigenvalue weighted by molar-refractivity contribution is -0.138. The van der Waals surface area contributed by atoms with Gasteiger partial charge in [0.15, 0.2) is 0 Å². The predicted molar refractivity (Wildman–Crippen MR) is 103 cm³/mol. The molecule has 0 saturated carbocycles. The zero-order valence-electron chi connectivity index (χ0n) is 15.3. The number of hydrogen-bond donors (Lipinski definition) is 1. The molecule has 7 heteroatoms. The minimum Gasteiger partial charge on any atom is -0.508 e. The van der Waals surface area contributed by atoms with Crippen molar-refractivity contribution in [3.63, 3.8) is 0 Å². The molecule has 144 valence electrons. The van der Waals surface area contributed by atoms with Crippen LogP contribution >= 0.6 is 0 Å². The van der Waals surface area contributed by atoms with Crippen molar-refractivity contribution in [1.82, 2.24) is 0 Å². The maximum absolute atomic E-state index is 12.1. The van der Waals surface area contributed by atoms with Gasteiger partial charge in [0.2, 0.25) is 0 Å². The van der Waals surface area contributed by atoms with Crippen LogP contribution in [0.1, 0.15) is 11.1 Å². The maximum atomic E-state index is 12.1. The van der Waals surface area contributed by atoms with E-state index in [9.17, 15) is 14.7 Å². The van der Waals surface area contributed by atoms with Crippen LogP contribution in [-0.4, -0.2) is 25.3 Å². The number of rotatable bonds is 6. The number of benzene rings is 2. The molecule has 7 nitrogen and oxygen atoms in total. The minimum atomic E-state index is -0.594. The summed E-state index contributed by atoms with van der Waals surface area (Å²) in [5.74, 6) is 0.583. The van der Waals surface area contributed by atoms with Gasteiger partial charge in [-0.1, -0.05) is 0 Å². The van der Waals surface area contributed by atoms with Crippen molar-refractivity contribution < 1.29 is 28.5 Å². The van der Waals surface area contributed by atoms with E-state index in [1.165, 1.54) is 38.5 Å². The van der Waals surface area contributed by atoms with Gasteiger partial charge in [-0.3, -0.25) is 0 Å². The lowest BCUT2D eigenvalue weighted by atomic mass is 10.1. The van der Waals surface area contributed by atoms with Crippen molar-refractivity contribution in [1.29, 1.82) is 0 Å². The SMILES string of the molecule is COc1cc(/C=C/C(=O)OCc2cc(=O)oc3cc(O)ccc23)cc(OC)c1. The van der Waals surface area contributed by atoms with E-state index in [0.717, 1.165) is 0 Å². The van der Waals surface area contributed by atoms with Crippen LogP contribution in [0.15, 0.2) is 57.8 Å². The second-order valence-electron chi connectivity index (χ2n) is 5.86. The molecule has 0 bridgehead atoms. The van der Waals surface area contributed by atoms with E-state index in [1.54, 1.807) is 30.3 Å². The van der Waals surface area contributed by atoms with E-state index < -0.39 is 11.6 Å². The van der Waals surface area contributed by atoms with Crippen LogP contribution in [0.25, 0.3) is 17.0 Å². The summed E-state index contributed by atoms with van der Waals surface area (Å²) < 4.78 is 20.6. The molecule has 3 rings (SSSR count). The van der Waals surface area contributed by atoms with Gasteiger partial charge in [0.05, 0.1) is 14.2 Å². The van der Waals surface area contributed by atoms with Crippen LogP contribution in [0.4, 0.5) is 0 Å². The third-order valence-electron chi connectivity index (χ3n) is 3.97. The van der Waals surface area contributed by atoms with E-state index in [4.69, 9.17) is 18.6 Å². The Kier molecular flexibility index (Phi) is 5.64. The fraction of sp³-hybridized carbons (Fsp3) is 0.143. The fourth-order valence-corrected chi connectivity index (χ4v) is 2.62. The summed E-state index contributed by atoms with van der Waals surface area (Å²) in [4.78, 5) is 23.7. The van der Waals surface area contributed by atoms with Crippen LogP contribution < -0.4 is 15.1 Å². The Morgan fingerprint density at radius 2 is 1.79 bits per heavy atom. The molecule has 0 fully saturated rings. The molecule has 0 unspecified atom stereocenters. The van der Waals surface area contributed by atoms with Gasteiger partial charge in [0, 0.05) is 35.2 Å². The lowest BCUT2D eigenvalue weighted by Gasteiger charge is -2.07. The Hall–Kier alpha value is -3.74. The van der Waals surface area contributed by atoms with E-state index >= 15 is 0 Å². The summed E-state index contributed by atoms with van der Waals surface area (Å²) in [6, 6.07) is 10.9. The molecule has 0 saturated heterocycles. The van der Waals surface area contributed by atoms with Crippen molar-refractivity contribution in [2.24, 2.45) is 0 Å².